The van der Waals surface area contributed by atoms with Gasteiger partial charge in [-0.15, -0.1) is 0 Å². The minimum atomic E-state index is -0.901. The summed E-state index contributed by atoms with van der Waals surface area (Å²) in [6.07, 6.45) is 2.06. The highest BCUT2D eigenvalue weighted by atomic mass is 16.5. The molecule has 0 spiro atoms. The van der Waals surface area contributed by atoms with Crippen molar-refractivity contribution >= 4 is 17.7 Å². The van der Waals surface area contributed by atoms with Crippen molar-refractivity contribution < 1.29 is 19.1 Å². The van der Waals surface area contributed by atoms with Gasteiger partial charge < -0.3 is 9.64 Å². The van der Waals surface area contributed by atoms with Crippen LogP contribution in [0.2, 0.25) is 0 Å². The molecule has 0 bridgehead atoms. The molecule has 3 heterocycles. The zero-order valence-corrected chi connectivity index (χ0v) is 17.7. The average molecular weight is 414 g/mol. The standard InChI is InChI=1S/C23H31N3O4/c1-23(14-20(27)24-22(23)29)15-21(28)26-8-6-19(7-9-26)18-4-2-17(3-5-18)16-25-10-12-30-13-11-25/h2-5,19H,6-16H2,1H3,(H,24,27,29). The highest BCUT2D eigenvalue weighted by molar-refractivity contribution is 6.07. The van der Waals surface area contributed by atoms with Crippen molar-refractivity contribution in [2.75, 3.05) is 39.4 Å². The molecule has 7 heteroatoms. The smallest absolute Gasteiger partial charge is 0.233 e. The van der Waals surface area contributed by atoms with Gasteiger partial charge in [0.2, 0.25) is 17.7 Å². The van der Waals surface area contributed by atoms with Gasteiger partial charge in [0.15, 0.2) is 0 Å². The topological polar surface area (TPSA) is 79.0 Å². The van der Waals surface area contributed by atoms with Gasteiger partial charge in [-0.25, -0.2) is 0 Å². The summed E-state index contributed by atoms with van der Waals surface area (Å²) in [6.45, 7) is 7.67. The Morgan fingerprint density at radius 2 is 1.77 bits per heavy atom. The summed E-state index contributed by atoms with van der Waals surface area (Å²) in [6, 6.07) is 8.90. The van der Waals surface area contributed by atoms with Crippen molar-refractivity contribution in [3.63, 3.8) is 0 Å². The lowest BCUT2D eigenvalue weighted by molar-refractivity contribution is -0.139. The predicted octanol–water partition coefficient (Wildman–Crippen LogP) is 1.67. The van der Waals surface area contributed by atoms with E-state index in [2.05, 4.69) is 34.5 Å². The van der Waals surface area contributed by atoms with E-state index in [0.29, 0.717) is 19.0 Å². The molecule has 7 nitrogen and oxygen atoms in total. The molecule has 1 aromatic carbocycles. The van der Waals surface area contributed by atoms with Crippen LogP contribution in [-0.2, 0) is 25.7 Å². The molecule has 0 saturated carbocycles. The van der Waals surface area contributed by atoms with E-state index in [4.69, 9.17) is 4.74 Å². The molecule has 0 radical (unpaired) electrons. The van der Waals surface area contributed by atoms with Gasteiger partial charge in [-0.05, 0) is 36.8 Å². The number of piperidine rings is 1. The lowest BCUT2D eigenvalue weighted by atomic mass is 9.83. The molecule has 3 amide bonds. The molecule has 3 fully saturated rings. The molecule has 1 atom stereocenters. The fraction of sp³-hybridized carbons (Fsp3) is 0.609. The van der Waals surface area contributed by atoms with Crippen LogP contribution in [0, 0.1) is 5.41 Å². The first kappa shape index (κ1) is 21.0. The van der Waals surface area contributed by atoms with E-state index < -0.39 is 5.41 Å². The summed E-state index contributed by atoms with van der Waals surface area (Å²) < 4.78 is 5.41. The van der Waals surface area contributed by atoms with E-state index in [-0.39, 0.29) is 30.6 Å². The average Bonchev–Trinajstić information content (AvgIpc) is 3.00. The molecule has 162 valence electrons. The Balaban J connectivity index is 1.27. The van der Waals surface area contributed by atoms with Crippen molar-refractivity contribution in [2.24, 2.45) is 5.41 Å². The van der Waals surface area contributed by atoms with Gasteiger partial charge >= 0.3 is 0 Å². The molecule has 30 heavy (non-hydrogen) atoms. The van der Waals surface area contributed by atoms with Gasteiger partial charge in [-0.1, -0.05) is 24.3 Å². The molecule has 1 aromatic rings. The van der Waals surface area contributed by atoms with Crippen LogP contribution in [0.1, 0.15) is 49.7 Å². The Kier molecular flexibility index (Phi) is 6.20. The van der Waals surface area contributed by atoms with Crippen LogP contribution in [0.15, 0.2) is 24.3 Å². The third kappa shape index (κ3) is 4.73. The van der Waals surface area contributed by atoms with Crippen molar-refractivity contribution in [1.29, 1.82) is 0 Å². The minimum Gasteiger partial charge on any atom is -0.379 e. The fourth-order valence-electron chi connectivity index (χ4n) is 4.72. The van der Waals surface area contributed by atoms with Crippen molar-refractivity contribution in [3.8, 4) is 0 Å². The third-order valence-corrected chi connectivity index (χ3v) is 6.70. The Hall–Kier alpha value is -2.25. The van der Waals surface area contributed by atoms with Crippen LogP contribution in [0.25, 0.3) is 0 Å². The van der Waals surface area contributed by atoms with Crippen molar-refractivity contribution in [1.82, 2.24) is 15.1 Å². The fourth-order valence-corrected chi connectivity index (χ4v) is 4.72. The van der Waals surface area contributed by atoms with Crippen LogP contribution < -0.4 is 5.32 Å². The molecule has 3 aliphatic heterocycles. The predicted molar refractivity (Wildman–Crippen MR) is 112 cm³/mol. The van der Waals surface area contributed by atoms with Gasteiger partial charge in [0, 0.05) is 45.6 Å². The van der Waals surface area contributed by atoms with E-state index in [1.807, 2.05) is 4.90 Å². The van der Waals surface area contributed by atoms with Crippen molar-refractivity contribution in [2.45, 2.75) is 45.1 Å². The zero-order chi connectivity index (χ0) is 21.1. The number of nitrogens with one attached hydrogen (secondary N) is 1. The van der Waals surface area contributed by atoms with E-state index in [0.717, 1.165) is 45.7 Å². The van der Waals surface area contributed by atoms with Crippen LogP contribution in [0.4, 0.5) is 0 Å². The summed E-state index contributed by atoms with van der Waals surface area (Å²) in [4.78, 5) is 40.5. The van der Waals surface area contributed by atoms with Crippen LogP contribution >= 0.6 is 0 Å². The van der Waals surface area contributed by atoms with Gasteiger partial charge in [-0.2, -0.15) is 0 Å². The number of carbonyl (C=O) groups is 3. The molecule has 0 aromatic heterocycles. The largest absolute Gasteiger partial charge is 0.379 e. The summed E-state index contributed by atoms with van der Waals surface area (Å²) in [7, 11) is 0. The number of hydrogen-bond acceptors (Lipinski definition) is 5. The van der Waals surface area contributed by atoms with E-state index in [1.165, 1.54) is 11.1 Å². The second kappa shape index (κ2) is 8.86. The number of hydrogen-bond donors (Lipinski definition) is 1. The first-order valence-electron chi connectivity index (χ1n) is 10.9. The second-order valence-electron chi connectivity index (χ2n) is 9.08. The normalized spacial score (nSPS) is 26.1. The third-order valence-electron chi connectivity index (χ3n) is 6.70. The summed E-state index contributed by atoms with van der Waals surface area (Å²) in [5, 5.41) is 2.32. The Bertz CT molecular complexity index is 795. The maximum absolute atomic E-state index is 12.7. The second-order valence-corrected chi connectivity index (χ2v) is 9.08. The highest BCUT2D eigenvalue weighted by Crippen LogP contribution is 2.33. The van der Waals surface area contributed by atoms with Gasteiger partial charge in [-0.3, -0.25) is 24.6 Å². The lowest BCUT2D eigenvalue weighted by Gasteiger charge is -2.34. The minimum absolute atomic E-state index is 0.0262. The van der Waals surface area contributed by atoms with Crippen LogP contribution in [0.5, 0.6) is 0 Å². The Morgan fingerprint density at radius 1 is 1.10 bits per heavy atom. The first-order chi connectivity index (χ1) is 14.4. The molecule has 1 unspecified atom stereocenters. The van der Waals surface area contributed by atoms with E-state index in [9.17, 15) is 14.4 Å². The Morgan fingerprint density at radius 3 is 2.37 bits per heavy atom. The molecule has 3 aliphatic rings. The number of imide groups is 1. The van der Waals surface area contributed by atoms with Crippen molar-refractivity contribution in [3.05, 3.63) is 35.4 Å². The van der Waals surface area contributed by atoms with E-state index >= 15 is 0 Å². The quantitative estimate of drug-likeness (QED) is 0.743. The Labute approximate surface area is 177 Å². The number of nitrogens with zero attached hydrogens (tertiary/aromatic N) is 2. The molecular formula is C23H31N3O4. The number of ether oxygens (including phenoxy) is 1. The number of carbonyl (C=O) groups excluding carboxylic acids is 3. The van der Waals surface area contributed by atoms with Gasteiger partial charge in [0.05, 0.1) is 18.6 Å². The monoisotopic (exact) mass is 413 g/mol. The number of rotatable bonds is 5. The maximum Gasteiger partial charge on any atom is 0.233 e. The number of morpholine rings is 1. The molecule has 1 N–H and O–H groups in total. The van der Waals surface area contributed by atoms with E-state index in [1.54, 1.807) is 6.92 Å². The van der Waals surface area contributed by atoms with Gasteiger partial charge in [0.1, 0.15) is 0 Å². The summed E-state index contributed by atoms with van der Waals surface area (Å²) in [5.74, 6) is -0.181. The number of likely N-dealkylation sites (tertiary alicyclic amines) is 1. The lowest BCUT2D eigenvalue weighted by Crippen LogP contribution is -2.41. The van der Waals surface area contributed by atoms with Crippen LogP contribution in [0.3, 0.4) is 0 Å². The number of amides is 3. The molecule has 3 saturated heterocycles. The zero-order valence-electron chi connectivity index (χ0n) is 17.7. The van der Waals surface area contributed by atoms with Crippen LogP contribution in [-0.4, -0.2) is 66.9 Å². The summed E-state index contributed by atoms with van der Waals surface area (Å²) in [5.41, 5.74) is 1.76. The maximum atomic E-state index is 12.7. The molecule has 0 aliphatic carbocycles. The number of benzene rings is 1. The molecule has 4 rings (SSSR count). The SMILES string of the molecule is CC1(CC(=O)N2CCC(c3ccc(CN4CCOCC4)cc3)CC2)CC(=O)NC1=O. The molecular weight excluding hydrogens is 382 g/mol. The first-order valence-corrected chi connectivity index (χ1v) is 10.9. The van der Waals surface area contributed by atoms with Gasteiger partial charge in [0.25, 0.3) is 0 Å². The highest BCUT2D eigenvalue weighted by Gasteiger charge is 2.44. The summed E-state index contributed by atoms with van der Waals surface area (Å²) >= 11 is 0.